The maximum absolute atomic E-state index is 12.4. The van der Waals surface area contributed by atoms with E-state index in [-0.39, 0.29) is 17.8 Å². The molecule has 3 aromatic rings. The highest BCUT2D eigenvalue weighted by atomic mass is 19.1. The van der Waals surface area contributed by atoms with Crippen LogP contribution < -0.4 is 9.47 Å². The van der Waals surface area contributed by atoms with Crippen molar-refractivity contribution >= 4 is 11.9 Å². The topological polar surface area (TPSA) is 112 Å². The van der Waals surface area contributed by atoms with Gasteiger partial charge in [0.1, 0.15) is 11.5 Å². The van der Waals surface area contributed by atoms with E-state index < -0.39 is 38.7 Å². The first-order valence-electron chi connectivity index (χ1n) is 13.9. The molecule has 3 rings (SSSR count). The molecule has 0 aliphatic carbocycles. The fourth-order valence-corrected chi connectivity index (χ4v) is 4.16. The number of aliphatic hydroxyl groups is 2. The van der Waals surface area contributed by atoms with Crippen LogP contribution in [0.2, 0.25) is 0 Å². The summed E-state index contributed by atoms with van der Waals surface area (Å²) in [5.74, 6) is -0.956. The SMILES string of the molecule is C=C(CO)C(=O)OCOc1cc(OCOC(=O)C(=C)CO)cc(-c2ccc(-c3ccc(CCCCF)cc3)c(CC)c2)c1. The van der Waals surface area contributed by atoms with Crippen LogP contribution >= 0.6 is 0 Å². The molecule has 0 aromatic heterocycles. The van der Waals surface area contributed by atoms with E-state index in [1.54, 1.807) is 12.1 Å². The zero-order chi connectivity index (χ0) is 31.2. The lowest BCUT2D eigenvalue weighted by atomic mass is 9.93. The fourth-order valence-electron chi connectivity index (χ4n) is 4.16. The second-order valence-corrected chi connectivity index (χ2v) is 9.67. The molecule has 0 saturated carbocycles. The largest absolute Gasteiger partial charge is 0.457 e. The van der Waals surface area contributed by atoms with Gasteiger partial charge in [-0.3, -0.25) is 4.39 Å². The number of halogens is 1. The first-order chi connectivity index (χ1) is 20.8. The van der Waals surface area contributed by atoms with Crippen molar-refractivity contribution in [1.82, 2.24) is 0 Å². The van der Waals surface area contributed by atoms with Gasteiger partial charge < -0.3 is 29.2 Å². The van der Waals surface area contributed by atoms with Crippen LogP contribution in [-0.4, -0.2) is 55.6 Å². The monoisotopic (exact) mass is 592 g/mol. The number of rotatable bonds is 17. The summed E-state index contributed by atoms with van der Waals surface area (Å²) in [6, 6.07) is 19.5. The second-order valence-electron chi connectivity index (χ2n) is 9.67. The Balaban J connectivity index is 1.85. The molecule has 0 spiro atoms. The predicted molar refractivity (Wildman–Crippen MR) is 161 cm³/mol. The van der Waals surface area contributed by atoms with Gasteiger partial charge in [0.05, 0.1) is 31.0 Å². The molecule has 0 heterocycles. The normalized spacial score (nSPS) is 10.6. The summed E-state index contributed by atoms with van der Waals surface area (Å²) in [6.45, 7) is 6.68. The molecule has 0 unspecified atom stereocenters. The van der Waals surface area contributed by atoms with E-state index in [1.165, 1.54) is 11.6 Å². The standard InChI is InChI=1S/C34H37FO8/c1-4-26-15-28(12-13-32(26)27-10-8-25(9-11-27)7-5-6-14-35)29-16-30(40-21-42-33(38)23(2)19-36)18-31(17-29)41-22-43-34(39)24(3)20-37/h8-13,15-18,36-37H,2-7,14,19-22H2,1H3. The Labute approximate surface area is 251 Å². The highest BCUT2D eigenvalue weighted by Gasteiger charge is 2.13. The molecule has 0 aliphatic heterocycles. The van der Waals surface area contributed by atoms with Crippen LogP contribution in [0.3, 0.4) is 0 Å². The Morgan fingerprint density at radius 3 is 1.81 bits per heavy atom. The second kappa shape index (κ2) is 16.8. The predicted octanol–water partition coefficient (Wildman–Crippen LogP) is 5.73. The summed E-state index contributed by atoms with van der Waals surface area (Å²) in [5, 5.41) is 18.1. The Bertz CT molecular complexity index is 1360. The Kier molecular flexibility index (Phi) is 12.9. The van der Waals surface area contributed by atoms with E-state index in [2.05, 4.69) is 50.4 Å². The number of esters is 2. The van der Waals surface area contributed by atoms with Gasteiger partial charge >= 0.3 is 11.9 Å². The van der Waals surface area contributed by atoms with Gasteiger partial charge in [-0.2, -0.15) is 0 Å². The minimum atomic E-state index is -0.790. The van der Waals surface area contributed by atoms with Gasteiger partial charge in [-0.25, -0.2) is 9.59 Å². The maximum Gasteiger partial charge on any atom is 0.338 e. The van der Waals surface area contributed by atoms with Gasteiger partial charge in [-0.1, -0.05) is 62.5 Å². The number of alkyl halides is 1. The lowest BCUT2D eigenvalue weighted by molar-refractivity contribution is -0.146. The number of ether oxygens (including phenoxy) is 4. The Hall–Kier alpha value is -4.47. The van der Waals surface area contributed by atoms with E-state index in [4.69, 9.17) is 29.2 Å². The summed E-state index contributed by atoms with van der Waals surface area (Å²) >= 11 is 0. The lowest BCUT2D eigenvalue weighted by Crippen LogP contribution is -2.14. The quantitative estimate of drug-likeness (QED) is 0.0885. The van der Waals surface area contributed by atoms with Crippen molar-refractivity contribution in [2.45, 2.75) is 32.6 Å². The number of aryl methyl sites for hydroxylation is 2. The van der Waals surface area contributed by atoms with Crippen molar-refractivity contribution in [3.63, 3.8) is 0 Å². The molecule has 0 saturated heterocycles. The van der Waals surface area contributed by atoms with Gasteiger partial charge in [0.25, 0.3) is 0 Å². The van der Waals surface area contributed by atoms with Gasteiger partial charge in [-0.15, -0.1) is 0 Å². The molecular formula is C34H37FO8. The van der Waals surface area contributed by atoms with Gasteiger partial charge in [0.2, 0.25) is 13.6 Å². The van der Waals surface area contributed by atoms with E-state index in [0.29, 0.717) is 17.9 Å². The van der Waals surface area contributed by atoms with Gasteiger partial charge in [0, 0.05) is 6.07 Å². The van der Waals surface area contributed by atoms with Crippen LogP contribution in [0.25, 0.3) is 22.3 Å². The molecule has 0 fully saturated rings. The average Bonchev–Trinajstić information content (AvgIpc) is 3.03. The zero-order valence-electron chi connectivity index (χ0n) is 24.3. The number of hydrogen-bond acceptors (Lipinski definition) is 8. The van der Waals surface area contributed by atoms with Crippen molar-refractivity contribution in [1.29, 1.82) is 0 Å². The number of hydrogen-bond donors (Lipinski definition) is 2. The average molecular weight is 593 g/mol. The third-order valence-electron chi connectivity index (χ3n) is 6.60. The maximum atomic E-state index is 12.4. The summed E-state index contributed by atoms with van der Waals surface area (Å²) in [7, 11) is 0. The summed E-state index contributed by atoms with van der Waals surface area (Å²) in [4.78, 5) is 23.7. The van der Waals surface area contributed by atoms with Crippen LogP contribution in [0, 0.1) is 0 Å². The minimum Gasteiger partial charge on any atom is -0.457 e. The molecule has 0 amide bonds. The molecule has 0 atom stereocenters. The van der Waals surface area contributed by atoms with Crippen molar-refractivity contribution in [3.05, 3.63) is 96.1 Å². The number of carbonyl (C=O) groups is 2. The highest BCUT2D eigenvalue weighted by molar-refractivity contribution is 5.88. The molecule has 0 radical (unpaired) electrons. The highest BCUT2D eigenvalue weighted by Crippen LogP contribution is 2.34. The molecule has 228 valence electrons. The van der Waals surface area contributed by atoms with E-state index in [0.717, 1.165) is 47.1 Å². The van der Waals surface area contributed by atoms with Gasteiger partial charge in [-0.05, 0) is 71.2 Å². The minimum absolute atomic E-state index is 0.105. The molecule has 8 nitrogen and oxygen atoms in total. The van der Waals surface area contributed by atoms with Crippen molar-refractivity contribution in [2.24, 2.45) is 0 Å². The lowest BCUT2D eigenvalue weighted by Gasteiger charge is -2.15. The van der Waals surface area contributed by atoms with Crippen molar-refractivity contribution in [3.8, 4) is 33.8 Å². The molecule has 43 heavy (non-hydrogen) atoms. The van der Waals surface area contributed by atoms with Crippen molar-refractivity contribution in [2.75, 3.05) is 33.5 Å². The number of benzene rings is 3. The van der Waals surface area contributed by atoms with Crippen LogP contribution in [0.4, 0.5) is 4.39 Å². The molecule has 0 bridgehead atoms. The third kappa shape index (κ3) is 9.80. The Morgan fingerprint density at radius 2 is 1.30 bits per heavy atom. The molecule has 3 aromatic carbocycles. The summed E-state index contributed by atoms with van der Waals surface area (Å²) in [5.41, 5.74) is 5.86. The molecular weight excluding hydrogens is 555 g/mol. The van der Waals surface area contributed by atoms with E-state index >= 15 is 0 Å². The first kappa shape index (κ1) is 33.0. The van der Waals surface area contributed by atoms with Crippen LogP contribution in [0.15, 0.2) is 85.0 Å². The zero-order valence-corrected chi connectivity index (χ0v) is 24.3. The van der Waals surface area contributed by atoms with E-state index in [1.807, 2.05) is 12.1 Å². The molecule has 0 aliphatic rings. The fraction of sp³-hybridized carbons (Fsp3) is 0.294. The van der Waals surface area contributed by atoms with Crippen LogP contribution in [-0.2, 0) is 31.9 Å². The summed E-state index contributed by atoms with van der Waals surface area (Å²) in [6.07, 6.45) is 3.01. The third-order valence-corrected chi connectivity index (χ3v) is 6.60. The van der Waals surface area contributed by atoms with Crippen LogP contribution in [0.5, 0.6) is 11.5 Å². The van der Waals surface area contributed by atoms with Crippen LogP contribution in [0.1, 0.15) is 30.9 Å². The molecule has 9 heteroatoms. The van der Waals surface area contributed by atoms with Gasteiger partial charge in [0.15, 0.2) is 0 Å². The van der Waals surface area contributed by atoms with E-state index in [9.17, 15) is 14.0 Å². The first-order valence-corrected chi connectivity index (χ1v) is 13.9. The van der Waals surface area contributed by atoms with Crippen molar-refractivity contribution < 1.29 is 43.1 Å². The summed E-state index contributed by atoms with van der Waals surface area (Å²) < 4.78 is 33.7. The number of unbranched alkanes of at least 4 members (excludes halogenated alkanes) is 1. The molecule has 2 N–H and O–H groups in total. The smallest absolute Gasteiger partial charge is 0.338 e. The number of aliphatic hydroxyl groups excluding tert-OH is 2. The Morgan fingerprint density at radius 1 is 0.744 bits per heavy atom. The number of carbonyl (C=O) groups excluding carboxylic acids is 2.